The minimum atomic E-state index is 0.304. The Morgan fingerprint density at radius 1 is 1.42 bits per heavy atom. The molecule has 1 saturated heterocycles. The van der Waals surface area contributed by atoms with Gasteiger partial charge in [-0.25, -0.2) is 4.68 Å². The van der Waals surface area contributed by atoms with E-state index in [0.29, 0.717) is 12.1 Å². The van der Waals surface area contributed by atoms with Gasteiger partial charge in [-0.1, -0.05) is 6.92 Å². The first-order valence-electron chi connectivity index (χ1n) is 7.16. The smallest absolute Gasteiger partial charge is 0.150 e. The van der Waals surface area contributed by atoms with Gasteiger partial charge in [-0.2, -0.15) is 5.10 Å². The van der Waals surface area contributed by atoms with Crippen molar-refractivity contribution < 1.29 is 0 Å². The lowest BCUT2D eigenvalue weighted by Gasteiger charge is -2.30. The van der Waals surface area contributed by atoms with Crippen molar-refractivity contribution in [2.75, 3.05) is 37.8 Å². The minimum absolute atomic E-state index is 0.304. The SMILES string of the molecule is CC1CCN(c2c(N)cnn2C(C)C(C)N(C)C)C1. The number of nitrogens with zero attached hydrogens (tertiary/aromatic N) is 4. The van der Waals surface area contributed by atoms with Crippen molar-refractivity contribution in [3.05, 3.63) is 6.20 Å². The molecule has 0 saturated carbocycles. The predicted octanol–water partition coefficient (Wildman–Crippen LogP) is 1.82. The van der Waals surface area contributed by atoms with E-state index in [1.165, 1.54) is 6.42 Å². The largest absolute Gasteiger partial charge is 0.394 e. The topological polar surface area (TPSA) is 50.3 Å². The summed E-state index contributed by atoms with van der Waals surface area (Å²) in [4.78, 5) is 4.60. The van der Waals surface area contributed by atoms with Crippen LogP contribution in [0.5, 0.6) is 0 Å². The highest BCUT2D eigenvalue weighted by Gasteiger charge is 2.27. The van der Waals surface area contributed by atoms with Crippen LogP contribution in [0.3, 0.4) is 0 Å². The minimum Gasteiger partial charge on any atom is -0.394 e. The van der Waals surface area contributed by atoms with Crippen LogP contribution in [0.25, 0.3) is 0 Å². The maximum atomic E-state index is 6.14. The Morgan fingerprint density at radius 2 is 2.11 bits per heavy atom. The Hall–Kier alpha value is -1.23. The molecular formula is C14H27N5. The van der Waals surface area contributed by atoms with Gasteiger partial charge in [0.2, 0.25) is 0 Å². The first-order valence-corrected chi connectivity index (χ1v) is 7.16. The summed E-state index contributed by atoms with van der Waals surface area (Å²) < 4.78 is 2.10. The number of nitrogens with two attached hydrogens (primary N) is 1. The molecule has 3 unspecified atom stereocenters. The van der Waals surface area contributed by atoms with Crippen LogP contribution in [0, 0.1) is 5.92 Å². The van der Waals surface area contributed by atoms with E-state index >= 15 is 0 Å². The molecule has 0 bridgehead atoms. The first-order chi connectivity index (χ1) is 8.91. The van der Waals surface area contributed by atoms with Crippen LogP contribution in [-0.4, -0.2) is 47.9 Å². The fourth-order valence-electron chi connectivity index (χ4n) is 2.76. The number of rotatable bonds is 4. The van der Waals surface area contributed by atoms with Crippen LogP contribution in [0.15, 0.2) is 6.20 Å². The zero-order valence-electron chi connectivity index (χ0n) is 12.8. The van der Waals surface area contributed by atoms with Crippen molar-refractivity contribution in [3.63, 3.8) is 0 Å². The fraction of sp³-hybridized carbons (Fsp3) is 0.786. The normalized spacial score (nSPS) is 23.1. The summed E-state index contributed by atoms with van der Waals surface area (Å²) in [5.41, 5.74) is 6.94. The molecule has 1 aliphatic rings. The zero-order chi connectivity index (χ0) is 14.2. The molecule has 108 valence electrons. The van der Waals surface area contributed by atoms with E-state index in [2.05, 4.69) is 54.4 Å². The highest BCUT2D eigenvalue weighted by Crippen LogP contribution is 2.32. The van der Waals surface area contributed by atoms with Crippen molar-refractivity contribution in [3.8, 4) is 0 Å². The van der Waals surface area contributed by atoms with Gasteiger partial charge < -0.3 is 15.5 Å². The molecule has 2 heterocycles. The summed E-state index contributed by atoms with van der Waals surface area (Å²) in [5, 5.41) is 4.51. The van der Waals surface area contributed by atoms with E-state index in [1.807, 2.05) is 0 Å². The molecular weight excluding hydrogens is 238 g/mol. The molecule has 1 fully saturated rings. The van der Waals surface area contributed by atoms with Crippen LogP contribution in [0.2, 0.25) is 0 Å². The van der Waals surface area contributed by atoms with Crippen LogP contribution in [0.4, 0.5) is 11.5 Å². The standard InChI is InChI=1S/C14H27N5/c1-10-6-7-18(9-10)14-13(15)8-16-19(14)12(3)11(2)17(4)5/h8,10-12H,6-7,9,15H2,1-5H3. The number of hydrogen-bond donors (Lipinski definition) is 1. The van der Waals surface area contributed by atoms with Gasteiger partial charge >= 0.3 is 0 Å². The maximum absolute atomic E-state index is 6.14. The lowest BCUT2D eigenvalue weighted by molar-refractivity contribution is 0.230. The van der Waals surface area contributed by atoms with E-state index in [1.54, 1.807) is 6.20 Å². The monoisotopic (exact) mass is 265 g/mol. The second-order valence-electron chi connectivity index (χ2n) is 6.15. The van der Waals surface area contributed by atoms with Gasteiger partial charge in [-0.05, 0) is 40.3 Å². The fourth-order valence-corrected chi connectivity index (χ4v) is 2.76. The number of hydrogen-bond acceptors (Lipinski definition) is 4. The van der Waals surface area contributed by atoms with Gasteiger partial charge in [-0.15, -0.1) is 0 Å². The van der Waals surface area contributed by atoms with E-state index in [-0.39, 0.29) is 0 Å². The van der Waals surface area contributed by atoms with Crippen LogP contribution < -0.4 is 10.6 Å². The Kier molecular flexibility index (Phi) is 4.04. The molecule has 0 aromatic carbocycles. The number of aromatic nitrogens is 2. The van der Waals surface area contributed by atoms with Crippen LogP contribution >= 0.6 is 0 Å². The van der Waals surface area contributed by atoms with Crippen molar-refractivity contribution in [1.82, 2.24) is 14.7 Å². The summed E-state index contributed by atoms with van der Waals surface area (Å²) in [6, 6.07) is 0.719. The Bertz CT molecular complexity index is 425. The van der Waals surface area contributed by atoms with Crippen molar-refractivity contribution in [1.29, 1.82) is 0 Å². The molecule has 5 nitrogen and oxygen atoms in total. The van der Waals surface area contributed by atoms with Crippen molar-refractivity contribution in [2.24, 2.45) is 5.92 Å². The highest BCUT2D eigenvalue weighted by atomic mass is 15.4. The second-order valence-corrected chi connectivity index (χ2v) is 6.15. The van der Waals surface area contributed by atoms with E-state index < -0.39 is 0 Å². The van der Waals surface area contributed by atoms with Crippen LogP contribution in [0.1, 0.15) is 33.2 Å². The van der Waals surface area contributed by atoms with Crippen molar-refractivity contribution >= 4 is 11.5 Å². The number of likely N-dealkylation sites (N-methyl/N-ethyl adjacent to an activating group) is 1. The molecule has 2 rings (SSSR count). The zero-order valence-corrected chi connectivity index (χ0v) is 12.8. The summed E-state index contributed by atoms with van der Waals surface area (Å²) in [6.45, 7) is 8.89. The van der Waals surface area contributed by atoms with Gasteiger partial charge in [0.25, 0.3) is 0 Å². The van der Waals surface area contributed by atoms with Crippen molar-refractivity contribution in [2.45, 2.75) is 39.3 Å². The third-order valence-corrected chi connectivity index (χ3v) is 4.42. The quantitative estimate of drug-likeness (QED) is 0.902. The third-order valence-electron chi connectivity index (χ3n) is 4.42. The lowest BCUT2D eigenvalue weighted by atomic mass is 10.1. The first kappa shape index (κ1) is 14.2. The van der Waals surface area contributed by atoms with E-state index in [9.17, 15) is 0 Å². The Balaban J connectivity index is 2.27. The van der Waals surface area contributed by atoms with Gasteiger partial charge in [-0.3, -0.25) is 0 Å². The number of nitrogen functional groups attached to an aromatic ring is 1. The third kappa shape index (κ3) is 2.71. The van der Waals surface area contributed by atoms with Gasteiger partial charge in [0.1, 0.15) is 0 Å². The summed E-state index contributed by atoms with van der Waals surface area (Å²) in [7, 11) is 4.21. The summed E-state index contributed by atoms with van der Waals surface area (Å²) in [5.74, 6) is 1.84. The Labute approximate surface area is 116 Å². The highest BCUT2D eigenvalue weighted by molar-refractivity contribution is 5.63. The Morgan fingerprint density at radius 3 is 2.63 bits per heavy atom. The maximum Gasteiger partial charge on any atom is 0.150 e. The molecule has 2 N–H and O–H groups in total. The molecule has 5 heteroatoms. The average molecular weight is 265 g/mol. The van der Waals surface area contributed by atoms with Crippen LogP contribution in [-0.2, 0) is 0 Å². The molecule has 19 heavy (non-hydrogen) atoms. The molecule has 0 spiro atoms. The van der Waals surface area contributed by atoms with E-state index in [0.717, 1.165) is 30.5 Å². The molecule has 0 aliphatic carbocycles. The second kappa shape index (κ2) is 5.41. The number of anilines is 2. The molecule has 3 atom stereocenters. The molecule has 1 aromatic rings. The van der Waals surface area contributed by atoms with Gasteiger partial charge in [0.05, 0.1) is 17.9 Å². The van der Waals surface area contributed by atoms with Gasteiger partial charge in [0.15, 0.2) is 5.82 Å². The summed E-state index contributed by atoms with van der Waals surface area (Å²) >= 11 is 0. The summed E-state index contributed by atoms with van der Waals surface area (Å²) in [6.07, 6.45) is 3.03. The average Bonchev–Trinajstić information content (AvgIpc) is 2.93. The van der Waals surface area contributed by atoms with E-state index in [4.69, 9.17) is 5.73 Å². The van der Waals surface area contributed by atoms with Gasteiger partial charge in [0, 0.05) is 19.1 Å². The molecule has 1 aliphatic heterocycles. The molecule has 0 amide bonds. The molecule has 1 aromatic heterocycles. The lowest BCUT2D eigenvalue weighted by Crippen LogP contribution is -2.35. The predicted molar refractivity (Wildman–Crippen MR) is 80.5 cm³/mol. The molecule has 0 radical (unpaired) electrons.